The molecule has 0 radical (unpaired) electrons. The van der Waals surface area contributed by atoms with Crippen molar-refractivity contribution in [1.29, 1.82) is 0 Å². The maximum atomic E-state index is 14.4. The Morgan fingerprint density at radius 2 is 1.55 bits per heavy atom. The van der Waals surface area contributed by atoms with Gasteiger partial charge in [0.05, 0.1) is 19.1 Å². The second-order valence-corrected chi connectivity index (χ2v) is 13.4. The van der Waals surface area contributed by atoms with E-state index in [1.165, 1.54) is 0 Å². The van der Waals surface area contributed by atoms with Crippen molar-refractivity contribution < 1.29 is 19.4 Å². The van der Waals surface area contributed by atoms with Gasteiger partial charge in [0, 0.05) is 35.2 Å². The number of hydrogen-bond donors (Lipinski definition) is 2. The van der Waals surface area contributed by atoms with Crippen LogP contribution in [0.2, 0.25) is 0 Å². The van der Waals surface area contributed by atoms with Crippen LogP contribution in [0, 0.1) is 11.3 Å². The molecule has 4 rings (SSSR count). The standard InChI is InChI=1S/C35H45N3O4/c1-22(23-15-11-9-12-16-23)32(39)38-29(24-17-13-10-14-18-24)28(27(35(5,6)7)30(38)33(40)41)36-21-25-19-20-26(34(2,3)4)37-31(25)42-8/h9-20,22,27-30,36H,21H2,1-8H3,(H,40,41)/t22-,27+,28+,29+,30+/m1/s1. The second-order valence-electron chi connectivity index (χ2n) is 13.4. The van der Waals surface area contributed by atoms with Crippen LogP contribution in [0.4, 0.5) is 0 Å². The van der Waals surface area contributed by atoms with Gasteiger partial charge in [-0.3, -0.25) is 4.79 Å². The molecule has 1 saturated heterocycles. The lowest BCUT2D eigenvalue weighted by Gasteiger charge is -2.35. The van der Waals surface area contributed by atoms with Crippen LogP contribution in [-0.4, -0.2) is 46.1 Å². The molecule has 3 aromatic rings. The molecular formula is C35H45N3O4. The SMILES string of the molecule is COc1nc(C(C)(C)C)ccc1CN[C@H]1[C@H](C(C)(C)C)[C@@H](C(=O)O)N(C(=O)[C@H](C)c2ccccc2)[C@H]1c1ccccc1. The highest BCUT2D eigenvalue weighted by molar-refractivity contribution is 5.89. The zero-order valence-electron chi connectivity index (χ0n) is 26.1. The minimum atomic E-state index is -1.02. The van der Waals surface area contributed by atoms with Gasteiger partial charge in [0.1, 0.15) is 6.04 Å². The minimum absolute atomic E-state index is 0.133. The van der Waals surface area contributed by atoms with Crippen LogP contribution in [0.15, 0.2) is 72.8 Å². The molecule has 0 bridgehead atoms. The Hall–Kier alpha value is -3.71. The van der Waals surface area contributed by atoms with Gasteiger partial charge in [-0.2, -0.15) is 0 Å². The summed E-state index contributed by atoms with van der Waals surface area (Å²) >= 11 is 0. The number of amides is 1. The molecule has 2 aromatic carbocycles. The molecule has 0 unspecified atom stereocenters. The Bertz CT molecular complexity index is 1380. The van der Waals surface area contributed by atoms with Crippen molar-refractivity contribution in [2.75, 3.05) is 7.11 Å². The molecule has 7 heteroatoms. The Balaban J connectivity index is 1.81. The molecule has 0 spiro atoms. The fourth-order valence-corrected chi connectivity index (χ4v) is 6.26. The summed E-state index contributed by atoms with van der Waals surface area (Å²) in [6, 6.07) is 21.5. The third-order valence-corrected chi connectivity index (χ3v) is 8.41. The fraction of sp³-hybridized carbons (Fsp3) is 0.457. The van der Waals surface area contributed by atoms with E-state index in [2.05, 4.69) is 46.9 Å². The first-order valence-electron chi connectivity index (χ1n) is 14.7. The summed E-state index contributed by atoms with van der Waals surface area (Å²) in [5.74, 6) is -1.55. The van der Waals surface area contributed by atoms with Crippen molar-refractivity contribution in [3.05, 3.63) is 95.2 Å². The number of methoxy groups -OCH3 is 1. The zero-order valence-corrected chi connectivity index (χ0v) is 26.1. The van der Waals surface area contributed by atoms with Gasteiger partial charge in [-0.25, -0.2) is 9.78 Å². The quantitative estimate of drug-likeness (QED) is 0.327. The number of benzene rings is 2. The lowest BCUT2D eigenvalue weighted by molar-refractivity contribution is -0.152. The Morgan fingerprint density at radius 3 is 2.07 bits per heavy atom. The van der Waals surface area contributed by atoms with E-state index in [1.807, 2.05) is 79.7 Å². The molecule has 2 N–H and O–H groups in total. The molecule has 1 fully saturated rings. The molecule has 0 saturated carbocycles. The van der Waals surface area contributed by atoms with Crippen LogP contribution >= 0.6 is 0 Å². The highest BCUT2D eigenvalue weighted by Gasteiger charge is 2.58. The first kappa shape index (κ1) is 31.2. The molecule has 0 aliphatic carbocycles. The number of aromatic nitrogens is 1. The summed E-state index contributed by atoms with van der Waals surface area (Å²) in [4.78, 5) is 33.9. The van der Waals surface area contributed by atoms with Gasteiger partial charge in [-0.15, -0.1) is 0 Å². The van der Waals surface area contributed by atoms with E-state index in [4.69, 9.17) is 9.72 Å². The van der Waals surface area contributed by atoms with Crippen LogP contribution in [0.3, 0.4) is 0 Å². The van der Waals surface area contributed by atoms with Crippen molar-refractivity contribution in [3.8, 4) is 5.88 Å². The number of hydrogen-bond acceptors (Lipinski definition) is 5. The van der Waals surface area contributed by atoms with Gasteiger partial charge in [0.15, 0.2) is 0 Å². The third-order valence-electron chi connectivity index (χ3n) is 8.41. The highest BCUT2D eigenvalue weighted by atomic mass is 16.5. The van der Waals surface area contributed by atoms with Crippen LogP contribution in [0.5, 0.6) is 5.88 Å². The molecule has 1 aliphatic heterocycles. The molecule has 1 amide bonds. The summed E-state index contributed by atoms with van der Waals surface area (Å²) in [7, 11) is 1.62. The van der Waals surface area contributed by atoms with Crippen molar-refractivity contribution in [3.63, 3.8) is 0 Å². The van der Waals surface area contributed by atoms with Crippen molar-refractivity contribution >= 4 is 11.9 Å². The number of rotatable bonds is 8. The Kier molecular flexibility index (Phi) is 9.12. The number of nitrogens with one attached hydrogen (secondary N) is 1. The van der Waals surface area contributed by atoms with E-state index in [0.29, 0.717) is 12.4 Å². The first-order valence-corrected chi connectivity index (χ1v) is 14.7. The van der Waals surface area contributed by atoms with Crippen LogP contribution in [-0.2, 0) is 21.5 Å². The molecule has 2 heterocycles. The average Bonchev–Trinajstić information content (AvgIpc) is 3.31. The van der Waals surface area contributed by atoms with E-state index in [1.54, 1.807) is 12.0 Å². The maximum Gasteiger partial charge on any atom is 0.326 e. The van der Waals surface area contributed by atoms with Gasteiger partial charge in [0.25, 0.3) is 0 Å². The monoisotopic (exact) mass is 571 g/mol. The van der Waals surface area contributed by atoms with E-state index < -0.39 is 29.4 Å². The predicted molar refractivity (Wildman–Crippen MR) is 165 cm³/mol. The maximum absolute atomic E-state index is 14.4. The van der Waals surface area contributed by atoms with Crippen molar-refractivity contribution in [2.24, 2.45) is 11.3 Å². The second kappa shape index (κ2) is 12.3. The summed E-state index contributed by atoms with van der Waals surface area (Å²) in [5.41, 5.74) is 2.99. The van der Waals surface area contributed by atoms with Crippen molar-refractivity contribution in [1.82, 2.24) is 15.2 Å². The predicted octanol–water partition coefficient (Wildman–Crippen LogP) is 6.35. The van der Waals surface area contributed by atoms with Gasteiger partial charge in [-0.05, 0) is 29.5 Å². The number of carbonyl (C=O) groups is 2. The van der Waals surface area contributed by atoms with E-state index in [0.717, 1.165) is 22.4 Å². The molecule has 1 aliphatic rings. The van der Waals surface area contributed by atoms with Crippen LogP contribution in [0.1, 0.15) is 82.8 Å². The zero-order chi connectivity index (χ0) is 30.8. The summed E-state index contributed by atoms with van der Waals surface area (Å²) in [5, 5.41) is 14.4. The molecule has 42 heavy (non-hydrogen) atoms. The largest absolute Gasteiger partial charge is 0.481 e. The van der Waals surface area contributed by atoms with Gasteiger partial charge >= 0.3 is 5.97 Å². The number of ether oxygens (including phenoxy) is 1. The summed E-state index contributed by atoms with van der Waals surface area (Å²) < 4.78 is 5.69. The summed E-state index contributed by atoms with van der Waals surface area (Å²) in [6.07, 6.45) is 0. The Morgan fingerprint density at radius 1 is 0.952 bits per heavy atom. The fourth-order valence-electron chi connectivity index (χ4n) is 6.26. The topological polar surface area (TPSA) is 91.8 Å². The normalized spacial score (nSPS) is 21.7. The number of carboxylic acid groups (broad SMARTS) is 1. The molecular weight excluding hydrogens is 526 g/mol. The number of likely N-dealkylation sites (tertiary alicyclic amines) is 1. The van der Waals surface area contributed by atoms with Crippen LogP contribution in [0.25, 0.3) is 0 Å². The smallest absolute Gasteiger partial charge is 0.326 e. The van der Waals surface area contributed by atoms with Gasteiger partial charge in [0.2, 0.25) is 11.8 Å². The van der Waals surface area contributed by atoms with Gasteiger partial charge in [-0.1, -0.05) is 108 Å². The first-order chi connectivity index (χ1) is 19.8. The van der Waals surface area contributed by atoms with E-state index >= 15 is 0 Å². The minimum Gasteiger partial charge on any atom is -0.481 e. The average molecular weight is 572 g/mol. The van der Waals surface area contributed by atoms with E-state index in [-0.39, 0.29) is 23.3 Å². The number of nitrogens with zero attached hydrogens (tertiary/aromatic N) is 2. The highest BCUT2D eigenvalue weighted by Crippen LogP contribution is 2.49. The van der Waals surface area contributed by atoms with Crippen LogP contribution < -0.4 is 10.1 Å². The Labute approximate surface area is 250 Å². The van der Waals surface area contributed by atoms with Crippen molar-refractivity contribution in [2.45, 2.75) is 84.5 Å². The summed E-state index contributed by atoms with van der Waals surface area (Å²) in [6.45, 7) is 14.8. The molecule has 7 nitrogen and oxygen atoms in total. The van der Waals surface area contributed by atoms with E-state index in [9.17, 15) is 14.7 Å². The number of pyridine rings is 1. The number of carbonyl (C=O) groups excluding carboxylic acids is 1. The molecule has 224 valence electrons. The van der Waals surface area contributed by atoms with Gasteiger partial charge < -0.3 is 20.1 Å². The molecule has 5 atom stereocenters. The lowest BCUT2D eigenvalue weighted by atomic mass is 9.72. The third kappa shape index (κ3) is 6.36. The lowest BCUT2D eigenvalue weighted by Crippen LogP contribution is -2.48. The number of carboxylic acids is 1. The molecule has 1 aromatic heterocycles. The number of aliphatic carboxylic acids is 1.